The lowest BCUT2D eigenvalue weighted by Crippen LogP contribution is -2.34. The highest BCUT2D eigenvalue weighted by Crippen LogP contribution is 2.26. The first-order chi connectivity index (χ1) is 13.0. The van der Waals surface area contributed by atoms with Crippen molar-refractivity contribution in [2.45, 2.75) is 26.4 Å². The highest BCUT2D eigenvalue weighted by molar-refractivity contribution is 6.04. The number of amides is 2. The molecular weight excluding hydrogens is 342 g/mol. The van der Waals surface area contributed by atoms with Gasteiger partial charge in [-0.05, 0) is 42.7 Å². The van der Waals surface area contributed by atoms with Crippen molar-refractivity contribution in [1.29, 1.82) is 0 Å². The lowest BCUT2D eigenvalue weighted by molar-refractivity contribution is 0.0533. The van der Waals surface area contributed by atoms with Crippen LogP contribution in [0.4, 0.5) is 5.69 Å². The first kappa shape index (κ1) is 19.0. The number of carbonyl (C=O) groups excluding carboxylic acids is 2. The number of hydrogen-bond donors (Lipinski definition) is 2. The fourth-order valence-corrected chi connectivity index (χ4v) is 3.38. The smallest absolute Gasteiger partial charge is 0.257 e. The molecule has 142 valence electrons. The number of benzene rings is 1. The maximum absolute atomic E-state index is 12.5. The monoisotopic (exact) mass is 367 g/mol. The quantitative estimate of drug-likeness (QED) is 0.822. The van der Waals surface area contributed by atoms with E-state index in [0.29, 0.717) is 35.2 Å². The Labute approximate surface area is 159 Å². The fraction of sp³-hybridized carbons (Fsp3) is 0.381. The summed E-state index contributed by atoms with van der Waals surface area (Å²) in [6.45, 7) is 5.62. The van der Waals surface area contributed by atoms with Gasteiger partial charge in [-0.25, -0.2) is 0 Å². The normalized spacial score (nSPS) is 19.1. The average Bonchev–Trinajstić information content (AvgIpc) is 3.16. The lowest BCUT2D eigenvalue weighted by Gasteiger charge is -2.22. The van der Waals surface area contributed by atoms with E-state index in [1.807, 2.05) is 0 Å². The predicted molar refractivity (Wildman–Crippen MR) is 104 cm³/mol. The van der Waals surface area contributed by atoms with Crippen molar-refractivity contribution < 1.29 is 14.3 Å². The highest BCUT2D eigenvalue weighted by Gasteiger charge is 2.30. The molecule has 6 heteroatoms. The molecule has 1 aromatic carbocycles. The molecule has 2 heterocycles. The molecule has 1 aromatic heterocycles. The fourth-order valence-electron chi connectivity index (χ4n) is 3.38. The second-order valence-corrected chi connectivity index (χ2v) is 7.11. The molecule has 0 saturated carbocycles. The Balaban J connectivity index is 1.59. The second-order valence-electron chi connectivity index (χ2n) is 7.11. The Morgan fingerprint density at radius 3 is 2.74 bits per heavy atom. The summed E-state index contributed by atoms with van der Waals surface area (Å²) in [6.07, 6.45) is 4.27. The standard InChI is InChI=1S/C21H25N3O3/c1-14(2)19-16(8-10-27-19)13-23-20(25)15-5-3-7-18(11-15)24-21(26)17-6-4-9-22-12-17/h3-7,9,11-12,14,16,19H,8,10,13H2,1-2H3,(H,23,25)(H,24,26)/t16-,19-/m1/s1. The molecule has 1 aliphatic rings. The van der Waals surface area contributed by atoms with Gasteiger partial charge < -0.3 is 15.4 Å². The third-order valence-corrected chi connectivity index (χ3v) is 4.75. The van der Waals surface area contributed by atoms with E-state index in [1.165, 1.54) is 6.20 Å². The Morgan fingerprint density at radius 1 is 1.19 bits per heavy atom. The summed E-state index contributed by atoms with van der Waals surface area (Å²) in [5.41, 5.74) is 1.55. The maximum Gasteiger partial charge on any atom is 0.257 e. The van der Waals surface area contributed by atoms with Crippen molar-refractivity contribution in [2.24, 2.45) is 11.8 Å². The minimum atomic E-state index is -0.261. The molecule has 1 saturated heterocycles. The number of carbonyl (C=O) groups is 2. The minimum Gasteiger partial charge on any atom is -0.378 e. The van der Waals surface area contributed by atoms with Crippen LogP contribution in [-0.2, 0) is 4.74 Å². The summed E-state index contributed by atoms with van der Waals surface area (Å²) in [5.74, 6) is 0.355. The summed E-state index contributed by atoms with van der Waals surface area (Å²) in [7, 11) is 0. The zero-order valence-corrected chi connectivity index (χ0v) is 15.6. The van der Waals surface area contributed by atoms with Gasteiger partial charge in [-0.2, -0.15) is 0 Å². The summed E-state index contributed by atoms with van der Waals surface area (Å²) in [6, 6.07) is 10.3. The van der Waals surface area contributed by atoms with E-state index < -0.39 is 0 Å². The van der Waals surface area contributed by atoms with Gasteiger partial charge in [0.15, 0.2) is 0 Å². The van der Waals surface area contributed by atoms with Gasteiger partial charge >= 0.3 is 0 Å². The first-order valence-electron chi connectivity index (χ1n) is 9.26. The molecular formula is C21H25N3O3. The van der Waals surface area contributed by atoms with Gasteiger partial charge in [0.2, 0.25) is 0 Å². The second kappa shape index (κ2) is 8.77. The Morgan fingerprint density at radius 2 is 2.00 bits per heavy atom. The van der Waals surface area contributed by atoms with Crippen LogP contribution in [0, 0.1) is 11.8 Å². The van der Waals surface area contributed by atoms with Gasteiger partial charge in [0.25, 0.3) is 11.8 Å². The first-order valence-corrected chi connectivity index (χ1v) is 9.26. The molecule has 1 aliphatic heterocycles. The number of pyridine rings is 1. The number of aromatic nitrogens is 1. The van der Waals surface area contributed by atoms with Crippen LogP contribution in [0.25, 0.3) is 0 Å². The summed E-state index contributed by atoms with van der Waals surface area (Å²) < 4.78 is 5.77. The molecule has 0 spiro atoms. The molecule has 1 fully saturated rings. The zero-order chi connectivity index (χ0) is 19.2. The Bertz CT molecular complexity index is 792. The summed E-state index contributed by atoms with van der Waals surface area (Å²) in [4.78, 5) is 28.7. The number of anilines is 1. The van der Waals surface area contributed by atoms with E-state index in [2.05, 4.69) is 29.5 Å². The number of hydrogen-bond acceptors (Lipinski definition) is 4. The van der Waals surface area contributed by atoms with Crippen molar-refractivity contribution in [3.63, 3.8) is 0 Å². The number of rotatable bonds is 6. The van der Waals surface area contributed by atoms with Gasteiger partial charge in [-0.3, -0.25) is 14.6 Å². The molecule has 27 heavy (non-hydrogen) atoms. The molecule has 2 aromatic rings. The highest BCUT2D eigenvalue weighted by atomic mass is 16.5. The van der Waals surface area contributed by atoms with Gasteiger partial charge in [-0.1, -0.05) is 19.9 Å². The number of nitrogens with one attached hydrogen (secondary N) is 2. The van der Waals surface area contributed by atoms with Gasteiger partial charge in [0.05, 0.1) is 11.7 Å². The largest absolute Gasteiger partial charge is 0.378 e. The molecule has 0 bridgehead atoms. The lowest BCUT2D eigenvalue weighted by atomic mass is 9.93. The predicted octanol–water partition coefficient (Wildman–Crippen LogP) is 3.12. The van der Waals surface area contributed by atoms with Crippen molar-refractivity contribution >= 4 is 17.5 Å². The molecule has 3 rings (SSSR count). The van der Waals surface area contributed by atoms with Crippen LogP contribution in [0.1, 0.15) is 41.0 Å². The van der Waals surface area contributed by atoms with Gasteiger partial charge in [0, 0.05) is 42.7 Å². The maximum atomic E-state index is 12.5. The van der Waals surface area contributed by atoms with Gasteiger partial charge in [0.1, 0.15) is 0 Å². The van der Waals surface area contributed by atoms with Crippen molar-refractivity contribution in [1.82, 2.24) is 10.3 Å². The topological polar surface area (TPSA) is 80.3 Å². The summed E-state index contributed by atoms with van der Waals surface area (Å²) in [5, 5.41) is 5.79. The van der Waals surface area contributed by atoms with Crippen LogP contribution in [0.3, 0.4) is 0 Å². The molecule has 2 N–H and O–H groups in total. The molecule has 0 aliphatic carbocycles. The van der Waals surface area contributed by atoms with E-state index in [9.17, 15) is 9.59 Å². The summed E-state index contributed by atoms with van der Waals surface area (Å²) >= 11 is 0. The SMILES string of the molecule is CC(C)[C@H]1OCC[C@@H]1CNC(=O)c1cccc(NC(=O)c2cccnc2)c1. The van der Waals surface area contributed by atoms with Crippen LogP contribution in [-0.4, -0.2) is 36.1 Å². The molecule has 6 nitrogen and oxygen atoms in total. The third kappa shape index (κ3) is 4.92. The van der Waals surface area contributed by atoms with E-state index in [0.717, 1.165) is 13.0 Å². The Hall–Kier alpha value is -2.73. The van der Waals surface area contributed by atoms with Crippen LogP contribution in [0.2, 0.25) is 0 Å². The van der Waals surface area contributed by atoms with Crippen molar-refractivity contribution in [3.05, 3.63) is 59.9 Å². The van der Waals surface area contributed by atoms with E-state index in [1.54, 1.807) is 42.6 Å². The molecule has 2 atom stereocenters. The van der Waals surface area contributed by atoms with Crippen LogP contribution >= 0.6 is 0 Å². The van der Waals surface area contributed by atoms with Crippen LogP contribution in [0.5, 0.6) is 0 Å². The molecule has 2 amide bonds. The zero-order valence-electron chi connectivity index (χ0n) is 15.6. The average molecular weight is 367 g/mol. The molecule has 0 radical (unpaired) electrons. The van der Waals surface area contributed by atoms with Gasteiger partial charge in [-0.15, -0.1) is 0 Å². The number of ether oxygens (including phenoxy) is 1. The van der Waals surface area contributed by atoms with Crippen LogP contribution < -0.4 is 10.6 Å². The minimum absolute atomic E-state index is 0.151. The van der Waals surface area contributed by atoms with Crippen LogP contribution in [0.15, 0.2) is 48.8 Å². The van der Waals surface area contributed by atoms with E-state index in [-0.39, 0.29) is 17.9 Å². The third-order valence-electron chi connectivity index (χ3n) is 4.75. The van der Waals surface area contributed by atoms with Crippen molar-refractivity contribution in [3.8, 4) is 0 Å². The molecule has 0 unspecified atom stereocenters. The van der Waals surface area contributed by atoms with Crippen molar-refractivity contribution in [2.75, 3.05) is 18.5 Å². The number of nitrogens with zero attached hydrogens (tertiary/aromatic N) is 1. The van der Waals surface area contributed by atoms with E-state index in [4.69, 9.17) is 4.74 Å². The van der Waals surface area contributed by atoms with E-state index >= 15 is 0 Å². The Kier molecular flexibility index (Phi) is 6.19.